The maximum atomic E-state index is 12.5. The summed E-state index contributed by atoms with van der Waals surface area (Å²) < 4.78 is 39.2. The first-order valence-electron chi connectivity index (χ1n) is 7.37. The predicted molar refractivity (Wildman–Crippen MR) is 90.8 cm³/mol. The Morgan fingerprint density at radius 3 is 2.69 bits per heavy atom. The molecule has 1 aromatic carbocycles. The molecular weight excluding hydrogens is 363 g/mol. The highest BCUT2D eigenvalue weighted by molar-refractivity contribution is 7.81. The molecule has 26 heavy (non-hydrogen) atoms. The topological polar surface area (TPSA) is 103 Å². The van der Waals surface area contributed by atoms with E-state index in [-0.39, 0.29) is 23.8 Å². The van der Waals surface area contributed by atoms with Gasteiger partial charge in [0.25, 0.3) is 0 Å². The number of carbonyl (C=O) groups excluding carboxylic acids is 1. The van der Waals surface area contributed by atoms with Gasteiger partial charge in [-0.2, -0.15) is 13.5 Å². The summed E-state index contributed by atoms with van der Waals surface area (Å²) in [7, 11) is -5.16. The number of pyridine rings is 1. The van der Waals surface area contributed by atoms with E-state index in [0.717, 1.165) is 18.0 Å². The molecule has 0 fully saturated rings. The maximum absolute atomic E-state index is 12.5. The minimum absolute atomic E-state index is 0.0410. The Morgan fingerprint density at radius 2 is 1.96 bits per heavy atom. The van der Waals surface area contributed by atoms with Crippen LogP contribution in [-0.4, -0.2) is 29.1 Å². The van der Waals surface area contributed by atoms with Gasteiger partial charge < -0.3 is 9.50 Å². The standard InChI is InChI=1S/C16H13FN4O4S/c17-26(23,24)25-15-7-13(9-18-10-15)20-16(22)6-12-8-19-21(11-12)14-4-2-1-3-5-14/h1-5,7-11H,6H2,(H,20,22). The van der Waals surface area contributed by atoms with Gasteiger partial charge in [-0.05, 0) is 17.7 Å². The number of hydrogen-bond donors (Lipinski definition) is 1. The van der Waals surface area contributed by atoms with Crippen molar-refractivity contribution in [2.45, 2.75) is 6.42 Å². The van der Waals surface area contributed by atoms with E-state index < -0.39 is 10.5 Å². The van der Waals surface area contributed by atoms with Crippen molar-refractivity contribution in [2.24, 2.45) is 0 Å². The van der Waals surface area contributed by atoms with E-state index in [1.54, 1.807) is 17.1 Å². The average molecular weight is 376 g/mol. The second kappa shape index (κ2) is 7.31. The van der Waals surface area contributed by atoms with E-state index in [1.165, 1.54) is 6.20 Å². The summed E-state index contributed by atoms with van der Waals surface area (Å²) in [5, 5.41) is 6.73. The van der Waals surface area contributed by atoms with E-state index in [4.69, 9.17) is 0 Å². The number of nitrogens with one attached hydrogen (secondary N) is 1. The predicted octanol–water partition coefficient (Wildman–Crippen LogP) is 2.04. The van der Waals surface area contributed by atoms with Crippen LogP contribution in [0.15, 0.2) is 61.2 Å². The molecule has 1 amide bonds. The van der Waals surface area contributed by atoms with Crippen molar-refractivity contribution >= 4 is 22.1 Å². The third kappa shape index (κ3) is 4.86. The van der Waals surface area contributed by atoms with Gasteiger partial charge in [0.2, 0.25) is 5.91 Å². The molecule has 0 bridgehead atoms. The lowest BCUT2D eigenvalue weighted by Crippen LogP contribution is -2.14. The summed E-state index contributed by atoms with van der Waals surface area (Å²) in [5.74, 6) is -0.720. The van der Waals surface area contributed by atoms with E-state index in [0.29, 0.717) is 5.56 Å². The number of carbonyl (C=O) groups is 1. The second-order valence-electron chi connectivity index (χ2n) is 5.24. The first-order valence-corrected chi connectivity index (χ1v) is 8.68. The molecule has 0 spiro atoms. The number of halogens is 1. The number of rotatable bonds is 6. The van der Waals surface area contributed by atoms with Crippen LogP contribution < -0.4 is 9.50 Å². The van der Waals surface area contributed by atoms with E-state index >= 15 is 0 Å². The SMILES string of the molecule is O=C(Cc1cnn(-c2ccccc2)c1)Nc1cncc(OS(=O)(=O)F)c1. The highest BCUT2D eigenvalue weighted by Gasteiger charge is 2.12. The summed E-state index contributed by atoms with van der Waals surface area (Å²) in [6.07, 6.45) is 5.63. The van der Waals surface area contributed by atoms with E-state index in [9.17, 15) is 17.1 Å². The lowest BCUT2D eigenvalue weighted by atomic mass is 10.2. The van der Waals surface area contributed by atoms with E-state index in [2.05, 4.69) is 19.6 Å². The second-order valence-corrected chi connectivity index (χ2v) is 6.19. The first-order chi connectivity index (χ1) is 12.4. The quantitative estimate of drug-likeness (QED) is 0.661. The number of para-hydroxylation sites is 1. The normalized spacial score (nSPS) is 11.1. The van der Waals surface area contributed by atoms with Gasteiger partial charge in [-0.3, -0.25) is 9.78 Å². The fourth-order valence-electron chi connectivity index (χ4n) is 2.21. The molecule has 8 nitrogen and oxygen atoms in total. The zero-order valence-electron chi connectivity index (χ0n) is 13.2. The van der Waals surface area contributed by atoms with Crippen molar-refractivity contribution in [1.82, 2.24) is 14.8 Å². The summed E-state index contributed by atoms with van der Waals surface area (Å²) in [5.41, 5.74) is 1.71. The van der Waals surface area contributed by atoms with Crippen LogP contribution in [0.5, 0.6) is 5.75 Å². The summed E-state index contributed by atoms with van der Waals surface area (Å²) in [6.45, 7) is 0. The highest BCUT2D eigenvalue weighted by Crippen LogP contribution is 2.18. The number of benzene rings is 1. The Balaban J connectivity index is 1.65. The maximum Gasteiger partial charge on any atom is 0.488 e. The van der Waals surface area contributed by atoms with Crippen LogP contribution in [0.3, 0.4) is 0 Å². The van der Waals surface area contributed by atoms with Crippen molar-refractivity contribution in [3.63, 3.8) is 0 Å². The minimum atomic E-state index is -5.16. The molecule has 0 aliphatic rings. The molecular formula is C16H13FN4O4S. The number of anilines is 1. The van der Waals surface area contributed by atoms with Crippen LogP contribution in [0.4, 0.5) is 9.57 Å². The zero-order valence-corrected chi connectivity index (χ0v) is 14.1. The van der Waals surface area contributed by atoms with E-state index in [1.807, 2.05) is 30.3 Å². The van der Waals surface area contributed by atoms with Gasteiger partial charge in [0.1, 0.15) is 0 Å². The van der Waals surface area contributed by atoms with Gasteiger partial charge >= 0.3 is 10.5 Å². The van der Waals surface area contributed by atoms with Crippen molar-refractivity contribution < 1.29 is 21.3 Å². The van der Waals surface area contributed by atoms with Gasteiger partial charge in [-0.15, -0.1) is 0 Å². The fraction of sp³-hybridized carbons (Fsp3) is 0.0625. The molecule has 0 radical (unpaired) electrons. The average Bonchev–Trinajstić information content (AvgIpc) is 3.02. The lowest BCUT2D eigenvalue weighted by Gasteiger charge is -2.05. The van der Waals surface area contributed by atoms with Crippen molar-refractivity contribution in [1.29, 1.82) is 0 Å². The van der Waals surface area contributed by atoms with Crippen LogP contribution >= 0.6 is 0 Å². The Labute approximate surface area is 148 Å². The number of nitrogens with zero attached hydrogens (tertiary/aromatic N) is 3. The molecule has 0 saturated carbocycles. The Bertz CT molecular complexity index is 1020. The van der Waals surface area contributed by atoms with Crippen LogP contribution in [0.1, 0.15) is 5.56 Å². The third-order valence-corrected chi connectivity index (χ3v) is 3.61. The Kier molecular flexibility index (Phi) is 4.94. The third-order valence-electron chi connectivity index (χ3n) is 3.21. The Hall–Kier alpha value is -3.27. The molecule has 0 unspecified atom stereocenters. The van der Waals surface area contributed by atoms with Gasteiger partial charge in [-0.1, -0.05) is 22.1 Å². The van der Waals surface area contributed by atoms with Gasteiger partial charge in [0.05, 0.1) is 36.4 Å². The molecule has 0 aliphatic heterocycles. The molecule has 134 valence electrons. The van der Waals surface area contributed by atoms with Crippen LogP contribution in [0.25, 0.3) is 5.69 Å². The summed E-state index contributed by atoms with van der Waals surface area (Å²) >= 11 is 0. The molecule has 2 heterocycles. The molecule has 3 aromatic rings. The van der Waals surface area contributed by atoms with Crippen molar-refractivity contribution in [2.75, 3.05) is 5.32 Å². The number of hydrogen-bond acceptors (Lipinski definition) is 6. The first kappa shape index (κ1) is 17.5. The monoisotopic (exact) mass is 376 g/mol. The van der Waals surface area contributed by atoms with Crippen LogP contribution in [0.2, 0.25) is 0 Å². The molecule has 1 N–H and O–H groups in total. The van der Waals surface area contributed by atoms with Crippen molar-refractivity contribution in [3.8, 4) is 11.4 Å². The minimum Gasteiger partial charge on any atom is -0.357 e. The summed E-state index contributed by atoms with van der Waals surface area (Å²) in [4.78, 5) is 15.8. The molecule has 10 heteroatoms. The zero-order chi connectivity index (χ0) is 18.6. The fourth-order valence-corrected chi connectivity index (χ4v) is 2.53. The van der Waals surface area contributed by atoms with Gasteiger partial charge in [0, 0.05) is 12.3 Å². The molecule has 0 saturated heterocycles. The summed E-state index contributed by atoms with van der Waals surface area (Å²) in [6, 6.07) is 10.6. The Morgan fingerprint density at radius 1 is 1.19 bits per heavy atom. The molecule has 2 aromatic heterocycles. The lowest BCUT2D eigenvalue weighted by molar-refractivity contribution is -0.115. The number of aromatic nitrogens is 3. The smallest absolute Gasteiger partial charge is 0.357 e. The number of amides is 1. The largest absolute Gasteiger partial charge is 0.488 e. The molecule has 0 atom stereocenters. The highest BCUT2D eigenvalue weighted by atomic mass is 32.3. The molecule has 3 rings (SSSR count). The van der Waals surface area contributed by atoms with Gasteiger partial charge in [0.15, 0.2) is 5.75 Å². The van der Waals surface area contributed by atoms with Crippen LogP contribution in [-0.2, 0) is 21.7 Å². The molecule has 0 aliphatic carbocycles. The van der Waals surface area contributed by atoms with Gasteiger partial charge in [-0.25, -0.2) is 4.68 Å². The van der Waals surface area contributed by atoms with Crippen LogP contribution in [0, 0.1) is 0 Å². The van der Waals surface area contributed by atoms with Crippen molar-refractivity contribution in [3.05, 3.63) is 66.7 Å².